The van der Waals surface area contributed by atoms with E-state index in [9.17, 15) is 4.79 Å². The number of carbonyl (C=O) groups excluding carboxylic acids is 1. The highest BCUT2D eigenvalue weighted by atomic mass is 16.5. The van der Waals surface area contributed by atoms with Gasteiger partial charge in [0.1, 0.15) is 5.76 Å². The third-order valence-corrected chi connectivity index (χ3v) is 5.06. The van der Waals surface area contributed by atoms with Crippen LogP contribution in [0.4, 0.5) is 5.95 Å². The van der Waals surface area contributed by atoms with Gasteiger partial charge in [-0.3, -0.25) is 4.79 Å². The van der Waals surface area contributed by atoms with Crippen molar-refractivity contribution in [3.8, 4) is 0 Å². The monoisotopic (exact) mass is 357 g/mol. The van der Waals surface area contributed by atoms with Crippen LogP contribution in [0.2, 0.25) is 0 Å². The lowest BCUT2D eigenvalue weighted by atomic mass is 10.1. The van der Waals surface area contributed by atoms with Gasteiger partial charge in [0.15, 0.2) is 0 Å². The van der Waals surface area contributed by atoms with Crippen molar-refractivity contribution in [3.05, 3.63) is 34.5 Å². The van der Waals surface area contributed by atoms with Gasteiger partial charge in [-0.15, -0.1) is 0 Å². The summed E-state index contributed by atoms with van der Waals surface area (Å²) in [5.41, 5.74) is 3.88. The number of aryl methyl sites for hydroxylation is 2. The molecule has 0 saturated carbocycles. The fraction of sp³-hybridized carbons (Fsp3) is 0.556. The number of nitrogens with zero attached hydrogens (tertiary/aromatic N) is 5. The first-order valence-corrected chi connectivity index (χ1v) is 8.99. The van der Waals surface area contributed by atoms with Gasteiger partial charge >= 0.3 is 0 Å². The topological polar surface area (TPSA) is 84.6 Å². The summed E-state index contributed by atoms with van der Waals surface area (Å²) in [4.78, 5) is 25.8. The molecule has 2 aliphatic heterocycles. The molecule has 0 radical (unpaired) electrons. The molecule has 8 heteroatoms. The largest absolute Gasteiger partial charge is 0.378 e. The maximum absolute atomic E-state index is 12.6. The van der Waals surface area contributed by atoms with Crippen LogP contribution in [-0.4, -0.2) is 52.2 Å². The fourth-order valence-electron chi connectivity index (χ4n) is 3.48. The molecular formula is C18H23N5O3. The van der Waals surface area contributed by atoms with Crippen LogP contribution in [0, 0.1) is 13.8 Å². The zero-order valence-electron chi connectivity index (χ0n) is 15.2. The summed E-state index contributed by atoms with van der Waals surface area (Å²) < 4.78 is 10.5. The van der Waals surface area contributed by atoms with Crippen molar-refractivity contribution in [2.75, 3.05) is 31.2 Å². The van der Waals surface area contributed by atoms with Gasteiger partial charge in [0, 0.05) is 43.4 Å². The molecule has 0 N–H and O–H groups in total. The molecule has 0 aromatic carbocycles. The molecule has 2 aromatic rings. The Balaban J connectivity index is 1.39. The number of hydrogen-bond acceptors (Lipinski definition) is 7. The van der Waals surface area contributed by atoms with E-state index in [1.807, 2.05) is 24.9 Å². The van der Waals surface area contributed by atoms with E-state index in [1.165, 1.54) is 0 Å². The summed E-state index contributed by atoms with van der Waals surface area (Å²) >= 11 is 0. The Morgan fingerprint density at radius 2 is 2.04 bits per heavy atom. The van der Waals surface area contributed by atoms with Gasteiger partial charge in [0.2, 0.25) is 11.9 Å². The molecule has 4 heterocycles. The Kier molecular flexibility index (Phi) is 4.58. The molecular weight excluding hydrogens is 334 g/mol. The number of rotatable bonds is 4. The van der Waals surface area contributed by atoms with Crippen LogP contribution in [0.3, 0.4) is 0 Å². The van der Waals surface area contributed by atoms with Crippen LogP contribution in [-0.2, 0) is 29.0 Å². The number of amides is 1. The highest BCUT2D eigenvalue weighted by Crippen LogP contribution is 2.24. The first kappa shape index (κ1) is 17.0. The van der Waals surface area contributed by atoms with E-state index in [4.69, 9.17) is 9.26 Å². The van der Waals surface area contributed by atoms with Crippen LogP contribution in [0.15, 0.2) is 10.7 Å². The molecule has 0 aliphatic carbocycles. The molecule has 8 nitrogen and oxygen atoms in total. The Morgan fingerprint density at radius 1 is 1.23 bits per heavy atom. The average molecular weight is 357 g/mol. The number of aromatic nitrogens is 3. The molecule has 4 rings (SSSR count). The maximum atomic E-state index is 12.6. The van der Waals surface area contributed by atoms with Crippen LogP contribution < -0.4 is 4.90 Å². The number of hydrogen-bond donors (Lipinski definition) is 0. The first-order chi connectivity index (χ1) is 12.6. The summed E-state index contributed by atoms with van der Waals surface area (Å²) in [7, 11) is 0. The highest BCUT2D eigenvalue weighted by Gasteiger charge is 2.26. The second-order valence-electron chi connectivity index (χ2n) is 6.79. The van der Waals surface area contributed by atoms with Gasteiger partial charge < -0.3 is 19.1 Å². The molecule has 2 aliphatic rings. The summed E-state index contributed by atoms with van der Waals surface area (Å²) in [6.07, 6.45) is 2.95. The van der Waals surface area contributed by atoms with Crippen molar-refractivity contribution in [2.24, 2.45) is 0 Å². The number of carbonyl (C=O) groups is 1. The number of ether oxygens (including phenoxy) is 1. The van der Waals surface area contributed by atoms with E-state index in [2.05, 4.69) is 20.0 Å². The first-order valence-electron chi connectivity index (χ1n) is 8.99. The van der Waals surface area contributed by atoms with Crippen molar-refractivity contribution >= 4 is 11.9 Å². The van der Waals surface area contributed by atoms with Gasteiger partial charge in [-0.2, -0.15) is 0 Å². The molecule has 0 unspecified atom stereocenters. The summed E-state index contributed by atoms with van der Waals surface area (Å²) in [6.45, 7) is 7.94. The van der Waals surface area contributed by atoms with Crippen molar-refractivity contribution in [1.82, 2.24) is 20.0 Å². The zero-order valence-corrected chi connectivity index (χ0v) is 15.2. The van der Waals surface area contributed by atoms with E-state index in [0.29, 0.717) is 39.1 Å². The fourth-order valence-corrected chi connectivity index (χ4v) is 3.48. The normalized spacial score (nSPS) is 16.8. The minimum Gasteiger partial charge on any atom is -0.378 e. The predicted octanol–water partition coefficient (Wildman–Crippen LogP) is 1.39. The Morgan fingerprint density at radius 3 is 2.77 bits per heavy atom. The number of anilines is 1. The van der Waals surface area contributed by atoms with Gasteiger partial charge in [-0.1, -0.05) is 5.16 Å². The molecule has 0 atom stereocenters. The summed E-state index contributed by atoms with van der Waals surface area (Å²) in [5.74, 6) is 1.65. The second kappa shape index (κ2) is 7.03. The van der Waals surface area contributed by atoms with E-state index in [0.717, 1.165) is 47.3 Å². The quantitative estimate of drug-likeness (QED) is 0.817. The molecule has 0 bridgehead atoms. The third kappa shape index (κ3) is 3.29. The highest BCUT2D eigenvalue weighted by molar-refractivity contribution is 5.77. The smallest absolute Gasteiger partial charge is 0.225 e. The van der Waals surface area contributed by atoms with Crippen LogP contribution in [0.5, 0.6) is 0 Å². The zero-order chi connectivity index (χ0) is 18.1. The Hall–Kier alpha value is -2.48. The summed E-state index contributed by atoms with van der Waals surface area (Å²) in [5, 5.41) is 3.95. The Bertz CT molecular complexity index is 794. The lowest BCUT2D eigenvalue weighted by Gasteiger charge is -2.26. The van der Waals surface area contributed by atoms with Gasteiger partial charge in [-0.25, -0.2) is 9.97 Å². The third-order valence-electron chi connectivity index (χ3n) is 5.06. The molecule has 1 fully saturated rings. The van der Waals surface area contributed by atoms with E-state index in [-0.39, 0.29) is 5.91 Å². The lowest BCUT2D eigenvalue weighted by molar-refractivity contribution is -0.131. The van der Waals surface area contributed by atoms with Crippen molar-refractivity contribution < 1.29 is 14.1 Å². The minimum atomic E-state index is 0.121. The van der Waals surface area contributed by atoms with Crippen LogP contribution in [0.1, 0.15) is 34.7 Å². The van der Waals surface area contributed by atoms with E-state index in [1.54, 1.807) is 0 Å². The second-order valence-corrected chi connectivity index (χ2v) is 6.79. The average Bonchev–Trinajstić information content (AvgIpc) is 3.23. The molecule has 1 amide bonds. The molecule has 0 spiro atoms. The number of fused-ring (bicyclic) bond motifs is 1. The van der Waals surface area contributed by atoms with Gasteiger partial charge in [-0.05, 0) is 20.3 Å². The van der Waals surface area contributed by atoms with Crippen LogP contribution in [0.25, 0.3) is 0 Å². The number of morpholine rings is 1. The van der Waals surface area contributed by atoms with E-state index < -0.39 is 0 Å². The predicted molar refractivity (Wildman–Crippen MR) is 93.6 cm³/mol. The van der Waals surface area contributed by atoms with Crippen molar-refractivity contribution in [3.63, 3.8) is 0 Å². The van der Waals surface area contributed by atoms with Gasteiger partial charge in [0.25, 0.3) is 0 Å². The SMILES string of the molecule is Cc1noc(C)c1CCC(=O)N1Cc2cnc(N3CCOCC3)nc2C1. The standard InChI is InChI=1S/C18H23N5O3/c1-12-15(13(2)26-21-12)3-4-17(24)23-10-14-9-19-18(20-16(14)11-23)22-5-7-25-8-6-22/h9H,3-8,10-11H2,1-2H3. The molecule has 138 valence electrons. The maximum Gasteiger partial charge on any atom is 0.225 e. The van der Waals surface area contributed by atoms with Crippen LogP contribution >= 0.6 is 0 Å². The molecule has 1 saturated heterocycles. The van der Waals surface area contributed by atoms with Crippen molar-refractivity contribution in [1.29, 1.82) is 0 Å². The molecule has 2 aromatic heterocycles. The Labute approximate surface area is 152 Å². The molecule has 26 heavy (non-hydrogen) atoms. The van der Waals surface area contributed by atoms with E-state index >= 15 is 0 Å². The van der Waals surface area contributed by atoms with Gasteiger partial charge in [0.05, 0.1) is 31.1 Å². The van der Waals surface area contributed by atoms with Crippen molar-refractivity contribution in [2.45, 2.75) is 39.8 Å². The summed E-state index contributed by atoms with van der Waals surface area (Å²) in [6, 6.07) is 0. The minimum absolute atomic E-state index is 0.121. The lowest BCUT2D eigenvalue weighted by Crippen LogP contribution is -2.37.